The number of ether oxygens (including phenoxy) is 1. The first-order chi connectivity index (χ1) is 10.7. The van der Waals surface area contributed by atoms with Crippen molar-refractivity contribution in [2.24, 2.45) is 0 Å². The smallest absolute Gasteiger partial charge is 0.335 e. The van der Waals surface area contributed by atoms with E-state index in [0.29, 0.717) is 12.2 Å². The average Bonchev–Trinajstić information content (AvgIpc) is 2.55. The largest absolute Gasteiger partial charge is 0.494 e. The van der Waals surface area contributed by atoms with Gasteiger partial charge in [0.15, 0.2) is 0 Å². The van der Waals surface area contributed by atoms with Crippen molar-refractivity contribution in [1.29, 1.82) is 0 Å². The molecule has 116 valence electrons. The van der Waals surface area contributed by atoms with Gasteiger partial charge in [0.2, 0.25) is 0 Å². The Hall–Kier alpha value is -2.49. The molecule has 0 fully saturated rings. The van der Waals surface area contributed by atoms with Gasteiger partial charge >= 0.3 is 5.97 Å². The number of carbonyl (C=O) groups is 1. The maximum absolute atomic E-state index is 10.7. The summed E-state index contributed by atoms with van der Waals surface area (Å²) in [5, 5.41) is 12.1. The zero-order valence-corrected chi connectivity index (χ0v) is 12.7. The lowest BCUT2D eigenvalue weighted by molar-refractivity contribution is 0.0697. The van der Waals surface area contributed by atoms with Gasteiger partial charge in [0.05, 0.1) is 12.2 Å². The van der Waals surface area contributed by atoms with Gasteiger partial charge in [0.25, 0.3) is 0 Å². The van der Waals surface area contributed by atoms with E-state index in [2.05, 4.69) is 24.4 Å². The summed E-state index contributed by atoms with van der Waals surface area (Å²) in [5.41, 5.74) is 2.51. The van der Waals surface area contributed by atoms with Crippen molar-refractivity contribution < 1.29 is 14.6 Å². The average molecular weight is 299 g/mol. The molecule has 0 aliphatic rings. The molecule has 4 heteroatoms. The molecule has 0 aromatic heterocycles. The van der Waals surface area contributed by atoms with E-state index in [9.17, 15) is 4.79 Å². The van der Waals surface area contributed by atoms with Crippen molar-refractivity contribution in [3.63, 3.8) is 0 Å². The third-order valence-corrected chi connectivity index (χ3v) is 3.38. The van der Waals surface area contributed by atoms with Crippen molar-refractivity contribution >= 4 is 11.7 Å². The van der Waals surface area contributed by atoms with Gasteiger partial charge < -0.3 is 15.2 Å². The topological polar surface area (TPSA) is 58.6 Å². The Bertz CT molecular complexity index is 591. The fourth-order valence-electron chi connectivity index (χ4n) is 2.05. The number of rotatable bonds is 8. The van der Waals surface area contributed by atoms with Gasteiger partial charge in [-0.1, -0.05) is 19.1 Å². The Labute approximate surface area is 130 Å². The molecule has 0 unspecified atom stereocenters. The zero-order valence-electron chi connectivity index (χ0n) is 12.7. The first-order valence-corrected chi connectivity index (χ1v) is 7.48. The molecular formula is C18H21NO3. The van der Waals surface area contributed by atoms with Crippen LogP contribution >= 0.6 is 0 Å². The molecule has 0 radical (unpaired) electrons. The van der Waals surface area contributed by atoms with Crippen LogP contribution in [0.15, 0.2) is 48.5 Å². The van der Waals surface area contributed by atoms with Gasteiger partial charge in [-0.25, -0.2) is 4.79 Å². The highest BCUT2D eigenvalue weighted by molar-refractivity contribution is 5.87. The van der Waals surface area contributed by atoms with Crippen LogP contribution in [-0.2, 0) is 6.42 Å². The molecule has 22 heavy (non-hydrogen) atoms. The SMILES string of the molecule is CCc1ccc(OCCCNc2ccc(C(=O)O)cc2)cc1. The molecule has 0 atom stereocenters. The highest BCUT2D eigenvalue weighted by Gasteiger charge is 2.01. The minimum atomic E-state index is -0.908. The van der Waals surface area contributed by atoms with Crippen LogP contribution in [0.4, 0.5) is 5.69 Å². The number of benzene rings is 2. The Kier molecular flexibility index (Phi) is 5.83. The van der Waals surface area contributed by atoms with Crippen LogP contribution in [0.3, 0.4) is 0 Å². The summed E-state index contributed by atoms with van der Waals surface area (Å²) in [5.74, 6) is -0.0166. The van der Waals surface area contributed by atoms with Crippen molar-refractivity contribution in [1.82, 2.24) is 0 Å². The molecule has 2 aromatic rings. The van der Waals surface area contributed by atoms with Crippen LogP contribution in [0.1, 0.15) is 29.3 Å². The van der Waals surface area contributed by atoms with Crippen molar-refractivity contribution in [2.75, 3.05) is 18.5 Å². The summed E-state index contributed by atoms with van der Waals surface area (Å²) in [6.45, 7) is 3.55. The summed E-state index contributed by atoms with van der Waals surface area (Å²) < 4.78 is 5.68. The third kappa shape index (κ3) is 4.81. The number of carboxylic acid groups (broad SMARTS) is 1. The van der Waals surface area contributed by atoms with Gasteiger partial charge in [-0.2, -0.15) is 0 Å². The number of anilines is 1. The van der Waals surface area contributed by atoms with Gasteiger partial charge in [0.1, 0.15) is 5.75 Å². The zero-order chi connectivity index (χ0) is 15.8. The molecule has 0 bridgehead atoms. The lowest BCUT2D eigenvalue weighted by Gasteiger charge is -2.09. The fourth-order valence-corrected chi connectivity index (χ4v) is 2.05. The monoisotopic (exact) mass is 299 g/mol. The molecule has 2 N–H and O–H groups in total. The maximum Gasteiger partial charge on any atom is 0.335 e. The molecule has 0 aliphatic carbocycles. The maximum atomic E-state index is 10.7. The summed E-state index contributed by atoms with van der Waals surface area (Å²) in [4.78, 5) is 10.7. The molecule has 0 saturated heterocycles. The van der Waals surface area contributed by atoms with Gasteiger partial charge in [-0.15, -0.1) is 0 Å². The van der Waals surface area contributed by atoms with E-state index in [1.165, 1.54) is 5.56 Å². The van der Waals surface area contributed by atoms with Gasteiger partial charge in [0, 0.05) is 12.2 Å². The van der Waals surface area contributed by atoms with E-state index in [0.717, 1.165) is 30.8 Å². The number of nitrogens with one attached hydrogen (secondary N) is 1. The number of hydrogen-bond acceptors (Lipinski definition) is 3. The predicted octanol–water partition coefficient (Wildman–Crippen LogP) is 3.83. The Morgan fingerprint density at radius 1 is 1.09 bits per heavy atom. The number of hydrogen-bond donors (Lipinski definition) is 2. The number of aryl methyl sites for hydroxylation is 1. The first-order valence-electron chi connectivity index (χ1n) is 7.48. The van der Waals surface area contributed by atoms with E-state index in [4.69, 9.17) is 9.84 Å². The lowest BCUT2D eigenvalue weighted by atomic mass is 10.2. The Morgan fingerprint density at radius 3 is 2.36 bits per heavy atom. The number of carboxylic acids is 1. The molecular weight excluding hydrogens is 278 g/mol. The minimum absolute atomic E-state index is 0.296. The van der Waals surface area contributed by atoms with E-state index < -0.39 is 5.97 Å². The third-order valence-electron chi connectivity index (χ3n) is 3.38. The molecule has 2 aromatic carbocycles. The van der Waals surface area contributed by atoms with E-state index in [1.54, 1.807) is 24.3 Å². The Morgan fingerprint density at radius 2 is 1.77 bits per heavy atom. The van der Waals surface area contributed by atoms with E-state index >= 15 is 0 Å². The quantitative estimate of drug-likeness (QED) is 0.727. The molecule has 0 aliphatic heterocycles. The summed E-state index contributed by atoms with van der Waals surface area (Å²) in [6, 6.07) is 14.9. The van der Waals surface area contributed by atoms with Crippen molar-refractivity contribution in [3.05, 3.63) is 59.7 Å². The van der Waals surface area contributed by atoms with Gasteiger partial charge in [-0.3, -0.25) is 0 Å². The van der Waals surface area contributed by atoms with Crippen LogP contribution in [-0.4, -0.2) is 24.2 Å². The normalized spacial score (nSPS) is 10.2. The van der Waals surface area contributed by atoms with Crippen LogP contribution in [0.5, 0.6) is 5.75 Å². The highest BCUT2D eigenvalue weighted by atomic mass is 16.5. The van der Waals surface area contributed by atoms with Gasteiger partial charge in [-0.05, 0) is 54.8 Å². The van der Waals surface area contributed by atoms with Crippen LogP contribution in [0.25, 0.3) is 0 Å². The molecule has 0 spiro atoms. The molecule has 4 nitrogen and oxygen atoms in total. The second-order valence-electron chi connectivity index (χ2n) is 5.01. The predicted molar refractivity (Wildman–Crippen MR) is 87.8 cm³/mol. The lowest BCUT2D eigenvalue weighted by Crippen LogP contribution is -2.07. The first kappa shape index (κ1) is 15.9. The number of aromatic carboxylic acids is 1. The molecule has 2 rings (SSSR count). The van der Waals surface area contributed by atoms with Crippen LogP contribution in [0, 0.1) is 0 Å². The van der Waals surface area contributed by atoms with E-state index in [1.807, 2.05) is 12.1 Å². The summed E-state index contributed by atoms with van der Waals surface area (Å²) in [6.07, 6.45) is 1.90. The standard InChI is InChI=1S/C18H21NO3/c1-2-14-4-10-17(11-5-14)22-13-3-12-19-16-8-6-15(7-9-16)18(20)21/h4-11,19H,2-3,12-13H2,1H3,(H,20,21). The molecule has 0 amide bonds. The van der Waals surface area contributed by atoms with Crippen LogP contribution < -0.4 is 10.1 Å². The fraction of sp³-hybridized carbons (Fsp3) is 0.278. The minimum Gasteiger partial charge on any atom is -0.494 e. The summed E-state index contributed by atoms with van der Waals surface area (Å²) >= 11 is 0. The second-order valence-corrected chi connectivity index (χ2v) is 5.01. The highest BCUT2D eigenvalue weighted by Crippen LogP contribution is 2.13. The summed E-state index contributed by atoms with van der Waals surface area (Å²) in [7, 11) is 0. The Balaban J connectivity index is 1.67. The van der Waals surface area contributed by atoms with Crippen molar-refractivity contribution in [2.45, 2.75) is 19.8 Å². The van der Waals surface area contributed by atoms with E-state index in [-0.39, 0.29) is 0 Å². The second kappa shape index (κ2) is 8.08. The molecule has 0 saturated carbocycles. The molecule has 0 heterocycles. The van der Waals surface area contributed by atoms with Crippen molar-refractivity contribution in [3.8, 4) is 5.75 Å². The van der Waals surface area contributed by atoms with Crippen LogP contribution in [0.2, 0.25) is 0 Å².